The second kappa shape index (κ2) is 6.60. The third-order valence-electron chi connectivity index (χ3n) is 4.09. The first-order chi connectivity index (χ1) is 9.16. The smallest absolute Gasteiger partial charge is 0.303 e. The summed E-state index contributed by atoms with van der Waals surface area (Å²) in [6.45, 7) is 0. The Balaban J connectivity index is 1.94. The van der Waals surface area contributed by atoms with Crippen molar-refractivity contribution in [2.45, 2.75) is 51.0 Å². The van der Waals surface area contributed by atoms with Crippen LogP contribution in [0.4, 0.5) is 5.69 Å². The largest absolute Gasteiger partial charge is 0.481 e. The minimum absolute atomic E-state index is 0.206. The lowest BCUT2D eigenvalue weighted by molar-refractivity contribution is -0.136. The number of benzene rings is 1. The Morgan fingerprint density at radius 2 is 1.84 bits per heavy atom. The molecule has 1 aliphatic rings. The third-order valence-corrected chi connectivity index (χ3v) is 4.09. The van der Waals surface area contributed by atoms with Gasteiger partial charge in [-0.2, -0.15) is 0 Å². The van der Waals surface area contributed by atoms with Gasteiger partial charge in [-0.05, 0) is 37.0 Å². The zero-order valence-electron chi connectivity index (χ0n) is 11.6. The number of aliphatic carboxylic acids is 1. The van der Waals surface area contributed by atoms with Crippen LogP contribution in [0.15, 0.2) is 24.3 Å². The molecule has 19 heavy (non-hydrogen) atoms. The van der Waals surface area contributed by atoms with Gasteiger partial charge < -0.3 is 10.0 Å². The number of nitrogens with zero attached hydrogens (tertiary/aromatic N) is 1. The van der Waals surface area contributed by atoms with Crippen molar-refractivity contribution in [3.8, 4) is 0 Å². The zero-order chi connectivity index (χ0) is 13.7. The number of carboxylic acids is 1. The van der Waals surface area contributed by atoms with Gasteiger partial charge in [0, 0.05) is 25.2 Å². The highest BCUT2D eigenvalue weighted by atomic mass is 16.4. The molecule has 0 unspecified atom stereocenters. The van der Waals surface area contributed by atoms with E-state index in [1.165, 1.54) is 37.8 Å². The number of carboxylic acid groups (broad SMARTS) is 1. The molecular formula is C16H23NO2. The highest BCUT2D eigenvalue weighted by Crippen LogP contribution is 2.26. The highest BCUT2D eigenvalue weighted by Gasteiger charge is 2.18. The molecule has 104 valence electrons. The Morgan fingerprint density at radius 3 is 2.42 bits per heavy atom. The van der Waals surface area contributed by atoms with Crippen LogP contribution in [0.3, 0.4) is 0 Å². The molecule has 1 saturated carbocycles. The number of carbonyl (C=O) groups is 1. The minimum atomic E-state index is -0.733. The fourth-order valence-electron chi connectivity index (χ4n) is 2.83. The van der Waals surface area contributed by atoms with Gasteiger partial charge in [0.25, 0.3) is 0 Å². The van der Waals surface area contributed by atoms with Crippen molar-refractivity contribution in [1.29, 1.82) is 0 Å². The molecular weight excluding hydrogens is 238 g/mol. The summed E-state index contributed by atoms with van der Waals surface area (Å²) in [7, 11) is 2.17. The van der Waals surface area contributed by atoms with Crippen LogP contribution < -0.4 is 4.90 Å². The molecule has 3 nitrogen and oxygen atoms in total. The van der Waals surface area contributed by atoms with Gasteiger partial charge in [0.05, 0.1) is 0 Å². The van der Waals surface area contributed by atoms with Crippen LogP contribution in [0.1, 0.15) is 44.1 Å². The van der Waals surface area contributed by atoms with Crippen molar-refractivity contribution in [3.05, 3.63) is 29.8 Å². The van der Waals surface area contributed by atoms with Crippen LogP contribution in [-0.4, -0.2) is 24.2 Å². The summed E-state index contributed by atoms with van der Waals surface area (Å²) >= 11 is 0. The number of hydrogen-bond donors (Lipinski definition) is 1. The van der Waals surface area contributed by atoms with Gasteiger partial charge in [0.2, 0.25) is 0 Å². The number of hydrogen-bond acceptors (Lipinski definition) is 2. The maximum Gasteiger partial charge on any atom is 0.303 e. The summed E-state index contributed by atoms with van der Waals surface area (Å²) in [5.74, 6) is -0.733. The van der Waals surface area contributed by atoms with Crippen molar-refractivity contribution in [3.63, 3.8) is 0 Å². The lowest BCUT2D eigenvalue weighted by Crippen LogP contribution is -2.33. The molecule has 0 saturated heterocycles. The van der Waals surface area contributed by atoms with Gasteiger partial charge in [0.15, 0.2) is 0 Å². The number of anilines is 1. The summed E-state index contributed by atoms with van der Waals surface area (Å²) in [5, 5.41) is 8.68. The Kier molecular flexibility index (Phi) is 4.83. The first-order valence-corrected chi connectivity index (χ1v) is 7.20. The predicted molar refractivity (Wildman–Crippen MR) is 77.7 cm³/mol. The lowest BCUT2D eigenvalue weighted by atomic mass is 9.94. The van der Waals surface area contributed by atoms with Crippen molar-refractivity contribution in [2.75, 3.05) is 11.9 Å². The van der Waals surface area contributed by atoms with E-state index in [0.29, 0.717) is 12.5 Å². The average Bonchev–Trinajstić information content (AvgIpc) is 2.46. The monoisotopic (exact) mass is 261 g/mol. The molecule has 0 aliphatic heterocycles. The summed E-state index contributed by atoms with van der Waals surface area (Å²) in [6, 6.07) is 9.01. The zero-order valence-corrected chi connectivity index (χ0v) is 11.6. The highest BCUT2D eigenvalue weighted by molar-refractivity contribution is 5.67. The number of rotatable bonds is 5. The first kappa shape index (κ1) is 13.9. The Labute approximate surface area is 115 Å². The van der Waals surface area contributed by atoms with Gasteiger partial charge >= 0.3 is 5.97 Å². The first-order valence-electron chi connectivity index (χ1n) is 7.20. The lowest BCUT2D eigenvalue weighted by Gasteiger charge is -2.33. The molecule has 1 N–H and O–H groups in total. The van der Waals surface area contributed by atoms with Gasteiger partial charge in [-0.3, -0.25) is 4.79 Å². The van der Waals surface area contributed by atoms with E-state index < -0.39 is 5.97 Å². The van der Waals surface area contributed by atoms with Crippen LogP contribution in [0.5, 0.6) is 0 Å². The third kappa shape index (κ3) is 3.98. The van der Waals surface area contributed by atoms with E-state index in [0.717, 1.165) is 5.56 Å². The molecule has 0 bridgehead atoms. The molecule has 1 aromatic rings. The molecule has 0 atom stereocenters. The molecule has 1 aromatic carbocycles. The van der Waals surface area contributed by atoms with Gasteiger partial charge in [-0.1, -0.05) is 31.4 Å². The van der Waals surface area contributed by atoms with Crippen LogP contribution in [0.25, 0.3) is 0 Å². The van der Waals surface area contributed by atoms with Crippen LogP contribution >= 0.6 is 0 Å². The van der Waals surface area contributed by atoms with Crippen molar-refractivity contribution >= 4 is 11.7 Å². The van der Waals surface area contributed by atoms with E-state index in [4.69, 9.17) is 5.11 Å². The second-order valence-corrected chi connectivity index (χ2v) is 5.46. The SMILES string of the molecule is CN(c1ccc(CCC(=O)O)cc1)C1CCCCC1. The standard InChI is InChI=1S/C16H23NO2/c1-17(14-5-3-2-4-6-14)15-10-7-13(8-11-15)9-12-16(18)19/h7-8,10-11,14H,2-6,9,12H2,1H3,(H,18,19). The van der Waals surface area contributed by atoms with E-state index >= 15 is 0 Å². The van der Waals surface area contributed by atoms with Crippen molar-refractivity contribution < 1.29 is 9.90 Å². The van der Waals surface area contributed by atoms with Crippen LogP contribution in [0, 0.1) is 0 Å². The van der Waals surface area contributed by atoms with Gasteiger partial charge in [-0.15, -0.1) is 0 Å². The Morgan fingerprint density at radius 1 is 1.21 bits per heavy atom. The quantitative estimate of drug-likeness (QED) is 0.882. The molecule has 0 radical (unpaired) electrons. The van der Waals surface area contributed by atoms with E-state index in [2.05, 4.69) is 36.2 Å². The average molecular weight is 261 g/mol. The maximum atomic E-state index is 10.5. The Bertz CT molecular complexity index is 407. The molecule has 0 spiro atoms. The molecule has 0 amide bonds. The predicted octanol–water partition coefficient (Wildman–Crippen LogP) is 3.47. The molecule has 1 fully saturated rings. The van der Waals surface area contributed by atoms with Crippen LogP contribution in [-0.2, 0) is 11.2 Å². The van der Waals surface area contributed by atoms with Crippen molar-refractivity contribution in [2.24, 2.45) is 0 Å². The fourth-order valence-corrected chi connectivity index (χ4v) is 2.83. The summed E-state index contributed by atoms with van der Waals surface area (Å²) in [4.78, 5) is 12.9. The van der Waals surface area contributed by atoms with E-state index in [-0.39, 0.29) is 6.42 Å². The van der Waals surface area contributed by atoms with Crippen LogP contribution in [0.2, 0.25) is 0 Å². The Hall–Kier alpha value is -1.51. The summed E-state index contributed by atoms with van der Waals surface area (Å²) < 4.78 is 0. The van der Waals surface area contributed by atoms with Gasteiger partial charge in [-0.25, -0.2) is 0 Å². The summed E-state index contributed by atoms with van der Waals surface area (Å²) in [5.41, 5.74) is 2.34. The second-order valence-electron chi connectivity index (χ2n) is 5.46. The van der Waals surface area contributed by atoms with E-state index in [1.807, 2.05) is 0 Å². The molecule has 1 aliphatic carbocycles. The minimum Gasteiger partial charge on any atom is -0.481 e. The maximum absolute atomic E-state index is 10.5. The van der Waals surface area contributed by atoms with E-state index in [9.17, 15) is 4.79 Å². The normalized spacial score (nSPS) is 16.3. The van der Waals surface area contributed by atoms with Crippen molar-refractivity contribution in [1.82, 2.24) is 0 Å². The summed E-state index contributed by atoms with van der Waals surface area (Å²) in [6.07, 6.45) is 7.45. The number of aryl methyl sites for hydroxylation is 1. The molecule has 3 heteroatoms. The van der Waals surface area contributed by atoms with Gasteiger partial charge in [0.1, 0.15) is 0 Å². The molecule has 0 heterocycles. The fraction of sp³-hybridized carbons (Fsp3) is 0.562. The molecule has 0 aromatic heterocycles. The molecule has 2 rings (SSSR count). The van der Waals surface area contributed by atoms with E-state index in [1.54, 1.807) is 0 Å². The topological polar surface area (TPSA) is 40.5 Å².